The minimum atomic E-state index is -0.190. The van der Waals surface area contributed by atoms with Crippen LogP contribution in [0.4, 0.5) is 5.69 Å². The summed E-state index contributed by atoms with van der Waals surface area (Å²) >= 11 is 0. The summed E-state index contributed by atoms with van der Waals surface area (Å²) in [4.78, 5) is 20.3. The van der Waals surface area contributed by atoms with Crippen LogP contribution in [-0.2, 0) is 4.79 Å². The van der Waals surface area contributed by atoms with E-state index in [0.717, 1.165) is 28.9 Å². The van der Waals surface area contributed by atoms with Crippen LogP contribution in [0.25, 0.3) is 11.1 Å². The zero-order valence-electron chi connectivity index (χ0n) is 14.5. The third kappa shape index (κ3) is 2.90. The van der Waals surface area contributed by atoms with E-state index in [1.807, 2.05) is 36.4 Å². The molecule has 0 aliphatic carbocycles. The van der Waals surface area contributed by atoms with Gasteiger partial charge in [0.25, 0.3) is 0 Å². The van der Waals surface area contributed by atoms with Gasteiger partial charge in [0, 0.05) is 29.6 Å². The Morgan fingerprint density at radius 1 is 1.08 bits per heavy atom. The molecule has 2 heterocycles. The van der Waals surface area contributed by atoms with Crippen molar-refractivity contribution in [2.24, 2.45) is 15.9 Å². The van der Waals surface area contributed by atoms with Crippen molar-refractivity contribution in [3.8, 4) is 11.1 Å². The molecular formula is C22H19N3O. The summed E-state index contributed by atoms with van der Waals surface area (Å²) in [5.41, 5.74) is 5.24. The van der Waals surface area contributed by atoms with Gasteiger partial charge in [-0.1, -0.05) is 48.5 Å². The van der Waals surface area contributed by atoms with Crippen molar-refractivity contribution in [3.63, 3.8) is 0 Å². The number of rotatable bonds is 3. The fourth-order valence-electron chi connectivity index (χ4n) is 3.42. The molecule has 4 nitrogen and oxygen atoms in total. The zero-order valence-corrected chi connectivity index (χ0v) is 14.5. The maximum Gasteiger partial charge on any atom is 0.146 e. The third-order valence-electron chi connectivity index (χ3n) is 4.84. The number of nitrogens with zero attached hydrogens (tertiary/aromatic N) is 2. The van der Waals surface area contributed by atoms with Crippen molar-refractivity contribution < 1.29 is 4.79 Å². The Balaban J connectivity index is 1.65. The summed E-state index contributed by atoms with van der Waals surface area (Å²) in [6.45, 7) is 2.10. The first kappa shape index (κ1) is 16.2. The quantitative estimate of drug-likeness (QED) is 0.851. The van der Waals surface area contributed by atoms with E-state index >= 15 is 0 Å². The lowest BCUT2D eigenvalue weighted by Gasteiger charge is -2.28. The van der Waals surface area contributed by atoms with Crippen molar-refractivity contribution in [2.45, 2.75) is 13.0 Å². The van der Waals surface area contributed by atoms with Crippen LogP contribution in [0.5, 0.6) is 0 Å². The third-order valence-corrected chi connectivity index (χ3v) is 4.84. The van der Waals surface area contributed by atoms with Gasteiger partial charge in [0.1, 0.15) is 18.2 Å². The minimum Gasteiger partial charge on any atom is -0.342 e. The number of carbonyl (C=O) groups excluding carboxylic acids is 1. The van der Waals surface area contributed by atoms with Crippen molar-refractivity contribution in [2.75, 3.05) is 5.32 Å². The number of hydrogen-bond acceptors (Lipinski definition) is 4. The van der Waals surface area contributed by atoms with E-state index in [1.165, 1.54) is 11.1 Å². The van der Waals surface area contributed by atoms with Gasteiger partial charge in [0.05, 0.1) is 0 Å². The standard InChI is InChI=1S/C22H19N3O/c1-15-18(16-6-3-2-4-7-16)8-5-9-20(15)25-22-21-19(11-13-24-22)17(14-26)10-12-23-21/h2-14,19,21H,1H3,(H,24,25). The monoisotopic (exact) mass is 341 g/mol. The van der Waals surface area contributed by atoms with Gasteiger partial charge in [0.2, 0.25) is 0 Å². The number of benzene rings is 2. The molecule has 0 fully saturated rings. The molecule has 2 unspecified atom stereocenters. The van der Waals surface area contributed by atoms with Gasteiger partial charge in [-0.15, -0.1) is 0 Å². The molecule has 2 aromatic carbocycles. The lowest BCUT2D eigenvalue weighted by molar-refractivity contribution is -0.105. The van der Waals surface area contributed by atoms with Crippen molar-refractivity contribution in [1.29, 1.82) is 0 Å². The van der Waals surface area contributed by atoms with E-state index in [0.29, 0.717) is 0 Å². The Morgan fingerprint density at radius 3 is 2.73 bits per heavy atom. The van der Waals surface area contributed by atoms with Gasteiger partial charge in [-0.05, 0) is 35.8 Å². The number of dihydropyridines is 1. The molecule has 2 atom stereocenters. The number of hydrogen-bond donors (Lipinski definition) is 1. The number of fused-ring (bicyclic) bond motifs is 1. The first-order valence-electron chi connectivity index (χ1n) is 8.63. The lowest BCUT2D eigenvalue weighted by atomic mass is 9.88. The summed E-state index contributed by atoms with van der Waals surface area (Å²) < 4.78 is 0. The number of anilines is 1. The number of aldehydes is 1. The largest absolute Gasteiger partial charge is 0.342 e. The highest BCUT2D eigenvalue weighted by Gasteiger charge is 2.30. The highest BCUT2D eigenvalue weighted by atomic mass is 16.1. The van der Waals surface area contributed by atoms with Gasteiger partial charge in [-0.3, -0.25) is 9.79 Å². The van der Waals surface area contributed by atoms with E-state index in [1.54, 1.807) is 18.5 Å². The minimum absolute atomic E-state index is 0.0601. The molecule has 128 valence electrons. The van der Waals surface area contributed by atoms with Crippen LogP contribution in [0, 0.1) is 12.8 Å². The molecule has 0 aromatic heterocycles. The second kappa shape index (κ2) is 6.92. The number of aliphatic imine (C=N–C) groups is 2. The molecule has 0 saturated carbocycles. The first-order chi connectivity index (χ1) is 12.8. The topological polar surface area (TPSA) is 53.8 Å². The Hall–Kier alpha value is -3.27. The van der Waals surface area contributed by atoms with E-state index in [4.69, 9.17) is 0 Å². The molecule has 2 aromatic rings. The molecular weight excluding hydrogens is 322 g/mol. The molecule has 0 spiro atoms. The molecule has 0 saturated heterocycles. The van der Waals surface area contributed by atoms with Gasteiger partial charge in [0.15, 0.2) is 0 Å². The van der Waals surface area contributed by atoms with Crippen LogP contribution in [-0.4, -0.2) is 24.4 Å². The van der Waals surface area contributed by atoms with Crippen LogP contribution < -0.4 is 5.32 Å². The Bertz CT molecular complexity index is 955. The van der Waals surface area contributed by atoms with E-state index < -0.39 is 0 Å². The second-order valence-electron chi connectivity index (χ2n) is 6.38. The molecule has 1 N–H and O–H groups in total. The summed E-state index contributed by atoms with van der Waals surface area (Å²) in [5, 5.41) is 3.44. The maximum atomic E-state index is 11.3. The first-order valence-corrected chi connectivity index (χ1v) is 8.63. The average Bonchev–Trinajstić information content (AvgIpc) is 2.70. The predicted octanol–water partition coefficient (Wildman–Crippen LogP) is 4.19. The summed E-state index contributed by atoms with van der Waals surface area (Å²) in [7, 11) is 0. The Labute approximate surface area is 152 Å². The molecule has 4 heteroatoms. The molecule has 0 amide bonds. The lowest BCUT2D eigenvalue weighted by Crippen LogP contribution is -2.37. The van der Waals surface area contributed by atoms with Crippen LogP contribution in [0.2, 0.25) is 0 Å². The van der Waals surface area contributed by atoms with Crippen LogP contribution in [0.1, 0.15) is 5.56 Å². The van der Waals surface area contributed by atoms with Crippen LogP contribution in [0.15, 0.2) is 82.4 Å². The highest BCUT2D eigenvalue weighted by molar-refractivity contribution is 6.04. The van der Waals surface area contributed by atoms with E-state index in [-0.39, 0.29) is 12.0 Å². The fourth-order valence-corrected chi connectivity index (χ4v) is 3.42. The zero-order chi connectivity index (χ0) is 17.9. The molecule has 2 aliphatic heterocycles. The predicted molar refractivity (Wildman–Crippen MR) is 107 cm³/mol. The smallest absolute Gasteiger partial charge is 0.146 e. The van der Waals surface area contributed by atoms with Gasteiger partial charge in [-0.25, -0.2) is 4.99 Å². The van der Waals surface area contributed by atoms with Gasteiger partial charge < -0.3 is 5.32 Å². The molecule has 4 rings (SSSR count). The maximum absolute atomic E-state index is 11.3. The second-order valence-corrected chi connectivity index (χ2v) is 6.38. The van der Waals surface area contributed by atoms with Crippen LogP contribution in [0.3, 0.4) is 0 Å². The molecule has 0 bridgehead atoms. The van der Waals surface area contributed by atoms with Crippen molar-refractivity contribution in [1.82, 2.24) is 0 Å². The van der Waals surface area contributed by atoms with Crippen molar-refractivity contribution >= 4 is 24.0 Å². The summed E-state index contributed by atoms with van der Waals surface area (Å²) in [6.07, 6.45) is 8.03. The number of allylic oxidation sites excluding steroid dienone is 1. The summed E-state index contributed by atoms with van der Waals surface area (Å²) in [6, 6.07) is 16.3. The number of carbonyl (C=O) groups is 1. The SMILES string of the molecule is Cc1c(NC2=NC=CC3C(C=O)=CC=NC23)cccc1-c1ccccc1. The average molecular weight is 341 g/mol. The van der Waals surface area contributed by atoms with Gasteiger partial charge >= 0.3 is 0 Å². The molecule has 0 radical (unpaired) electrons. The van der Waals surface area contributed by atoms with Gasteiger partial charge in [-0.2, -0.15) is 0 Å². The Morgan fingerprint density at radius 2 is 1.92 bits per heavy atom. The number of amidine groups is 1. The molecule has 26 heavy (non-hydrogen) atoms. The van der Waals surface area contributed by atoms with E-state index in [2.05, 4.69) is 40.4 Å². The van der Waals surface area contributed by atoms with E-state index in [9.17, 15) is 4.79 Å². The Kier molecular flexibility index (Phi) is 4.32. The van der Waals surface area contributed by atoms with Crippen LogP contribution >= 0.6 is 0 Å². The summed E-state index contributed by atoms with van der Waals surface area (Å²) in [5.74, 6) is 0.699. The highest BCUT2D eigenvalue weighted by Crippen LogP contribution is 2.30. The normalized spacial score (nSPS) is 20.8. The number of nitrogens with one attached hydrogen (secondary N) is 1. The fraction of sp³-hybridized carbons (Fsp3) is 0.136. The molecule has 2 aliphatic rings. The van der Waals surface area contributed by atoms with Crippen molar-refractivity contribution in [3.05, 3.63) is 78.0 Å².